The predicted octanol–water partition coefficient (Wildman–Crippen LogP) is 1.26. The molecular weight excluding hydrogens is 296 g/mol. The molecule has 1 amide bonds. The zero-order valence-corrected chi connectivity index (χ0v) is 12.6. The van der Waals surface area contributed by atoms with E-state index < -0.39 is 0 Å². The summed E-state index contributed by atoms with van der Waals surface area (Å²) in [5, 5.41) is 6.52. The van der Waals surface area contributed by atoms with Gasteiger partial charge in [-0.15, -0.1) is 0 Å². The summed E-state index contributed by atoms with van der Waals surface area (Å²) in [5.41, 5.74) is 0.227. The Morgan fingerprint density at radius 3 is 3.00 bits per heavy atom. The molecule has 2 aliphatic rings. The van der Waals surface area contributed by atoms with Crippen LogP contribution in [-0.4, -0.2) is 57.4 Å². The van der Waals surface area contributed by atoms with Crippen LogP contribution < -0.4 is 4.74 Å². The van der Waals surface area contributed by atoms with Gasteiger partial charge in [0.2, 0.25) is 5.88 Å². The molecule has 1 atom stereocenters. The topological polar surface area (TPSA) is 80.3 Å². The lowest BCUT2D eigenvalue weighted by atomic mass is 9.84. The Balaban J connectivity index is 1.36. The van der Waals surface area contributed by atoms with Gasteiger partial charge >= 0.3 is 0 Å². The fourth-order valence-electron chi connectivity index (χ4n) is 3.23. The van der Waals surface area contributed by atoms with Crippen molar-refractivity contribution in [2.24, 2.45) is 0 Å². The van der Waals surface area contributed by atoms with Crippen LogP contribution in [0.5, 0.6) is 5.88 Å². The standard InChI is InChI=1S/C16H18N4O3/c21-15(13-4-7-18-19-13)20-10-16(11-20)9-12(5-8-22-16)23-14-3-1-2-6-17-14/h1-4,6-7,12H,5,8-11H2,(H,18,19)/t12-/m0/s1. The average Bonchev–Trinajstić information content (AvgIpc) is 3.07. The highest BCUT2D eigenvalue weighted by molar-refractivity contribution is 5.92. The molecule has 7 heteroatoms. The Morgan fingerprint density at radius 2 is 2.26 bits per heavy atom. The number of nitrogens with one attached hydrogen (secondary N) is 1. The number of carbonyl (C=O) groups excluding carboxylic acids is 1. The number of aromatic amines is 1. The van der Waals surface area contributed by atoms with Crippen molar-refractivity contribution in [3.63, 3.8) is 0 Å². The van der Waals surface area contributed by atoms with E-state index in [0.717, 1.165) is 12.8 Å². The maximum Gasteiger partial charge on any atom is 0.272 e. The van der Waals surface area contributed by atoms with Gasteiger partial charge in [0.1, 0.15) is 17.4 Å². The van der Waals surface area contributed by atoms with Gasteiger partial charge in [-0.2, -0.15) is 5.10 Å². The van der Waals surface area contributed by atoms with Crippen molar-refractivity contribution in [1.29, 1.82) is 0 Å². The maximum absolute atomic E-state index is 12.2. The lowest BCUT2D eigenvalue weighted by Gasteiger charge is -2.52. The van der Waals surface area contributed by atoms with Crippen LogP contribution >= 0.6 is 0 Å². The number of rotatable bonds is 3. The van der Waals surface area contributed by atoms with Crippen molar-refractivity contribution in [2.75, 3.05) is 19.7 Å². The largest absolute Gasteiger partial charge is 0.474 e. The summed E-state index contributed by atoms with van der Waals surface area (Å²) >= 11 is 0. The van der Waals surface area contributed by atoms with Gasteiger partial charge < -0.3 is 14.4 Å². The molecule has 2 aliphatic heterocycles. The number of hydrogen-bond acceptors (Lipinski definition) is 5. The normalized spacial score (nSPS) is 22.6. The lowest BCUT2D eigenvalue weighted by Crippen LogP contribution is -2.67. The number of ether oxygens (including phenoxy) is 2. The summed E-state index contributed by atoms with van der Waals surface area (Å²) in [6.45, 7) is 1.82. The van der Waals surface area contributed by atoms with E-state index in [9.17, 15) is 4.79 Å². The first-order valence-corrected chi connectivity index (χ1v) is 7.74. The van der Waals surface area contributed by atoms with Crippen molar-refractivity contribution >= 4 is 5.91 Å². The van der Waals surface area contributed by atoms with E-state index in [-0.39, 0.29) is 17.6 Å². The molecule has 0 aromatic carbocycles. The Morgan fingerprint density at radius 1 is 1.35 bits per heavy atom. The van der Waals surface area contributed by atoms with Crippen molar-refractivity contribution < 1.29 is 14.3 Å². The quantitative estimate of drug-likeness (QED) is 0.922. The minimum absolute atomic E-state index is 0.0375. The van der Waals surface area contributed by atoms with Crippen LogP contribution in [0.15, 0.2) is 36.7 Å². The molecule has 2 saturated heterocycles. The molecule has 120 valence electrons. The zero-order chi connectivity index (χ0) is 15.7. The maximum atomic E-state index is 12.2. The Hall–Kier alpha value is -2.41. The smallest absolute Gasteiger partial charge is 0.272 e. The summed E-state index contributed by atoms with van der Waals surface area (Å²) in [5.74, 6) is 0.601. The van der Waals surface area contributed by atoms with Crippen LogP contribution in [0.4, 0.5) is 0 Å². The third kappa shape index (κ3) is 2.79. The van der Waals surface area contributed by atoms with E-state index in [2.05, 4.69) is 15.2 Å². The third-order valence-electron chi connectivity index (χ3n) is 4.35. The fourth-order valence-corrected chi connectivity index (χ4v) is 3.23. The number of carbonyl (C=O) groups is 1. The lowest BCUT2D eigenvalue weighted by molar-refractivity contribution is -0.174. The van der Waals surface area contributed by atoms with Crippen LogP contribution in [0.2, 0.25) is 0 Å². The van der Waals surface area contributed by atoms with Crippen molar-refractivity contribution in [3.8, 4) is 5.88 Å². The molecule has 0 saturated carbocycles. The number of amides is 1. The summed E-state index contributed by atoms with van der Waals surface area (Å²) < 4.78 is 11.9. The van der Waals surface area contributed by atoms with E-state index in [1.54, 1.807) is 23.4 Å². The minimum Gasteiger partial charge on any atom is -0.474 e. The van der Waals surface area contributed by atoms with Gasteiger partial charge in [0.05, 0.1) is 19.7 Å². The summed E-state index contributed by atoms with van der Waals surface area (Å²) in [7, 11) is 0. The highest BCUT2D eigenvalue weighted by atomic mass is 16.5. The summed E-state index contributed by atoms with van der Waals surface area (Å²) in [4.78, 5) is 18.2. The molecule has 0 unspecified atom stereocenters. The molecule has 1 N–H and O–H groups in total. The molecule has 2 fully saturated rings. The third-order valence-corrected chi connectivity index (χ3v) is 4.35. The number of H-pyrrole nitrogens is 1. The number of likely N-dealkylation sites (tertiary alicyclic amines) is 1. The molecule has 2 aromatic rings. The second-order valence-corrected chi connectivity index (χ2v) is 6.06. The van der Waals surface area contributed by atoms with E-state index in [4.69, 9.17) is 9.47 Å². The summed E-state index contributed by atoms with van der Waals surface area (Å²) in [6, 6.07) is 7.31. The van der Waals surface area contributed by atoms with Crippen LogP contribution in [-0.2, 0) is 4.74 Å². The van der Waals surface area contributed by atoms with Gasteiger partial charge in [-0.25, -0.2) is 4.98 Å². The number of aromatic nitrogens is 3. The number of pyridine rings is 1. The van der Waals surface area contributed by atoms with Gasteiger partial charge in [0.25, 0.3) is 5.91 Å². The molecule has 2 aromatic heterocycles. The van der Waals surface area contributed by atoms with Crippen LogP contribution in [0.25, 0.3) is 0 Å². The zero-order valence-electron chi connectivity index (χ0n) is 12.6. The SMILES string of the molecule is O=C(c1ccn[nH]1)N1CC2(C[C@@H](Oc3ccccn3)CCO2)C1. The molecule has 4 rings (SSSR count). The Bertz CT molecular complexity index is 668. The predicted molar refractivity (Wildman–Crippen MR) is 81.1 cm³/mol. The molecule has 0 radical (unpaired) electrons. The molecule has 4 heterocycles. The first-order valence-electron chi connectivity index (χ1n) is 7.74. The number of nitrogens with zero attached hydrogens (tertiary/aromatic N) is 3. The van der Waals surface area contributed by atoms with Crippen molar-refractivity contribution in [3.05, 3.63) is 42.4 Å². The van der Waals surface area contributed by atoms with Gasteiger partial charge in [0, 0.05) is 31.3 Å². The number of hydrogen-bond donors (Lipinski definition) is 1. The minimum atomic E-state index is -0.284. The first-order chi connectivity index (χ1) is 11.2. The Kier molecular flexibility index (Phi) is 3.49. The van der Waals surface area contributed by atoms with Gasteiger partial charge in [-0.05, 0) is 12.1 Å². The van der Waals surface area contributed by atoms with Crippen LogP contribution in [0.1, 0.15) is 23.3 Å². The first kappa shape index (κ1) is 14.2. The monoisotopic (exact) mass is 314 g/mol. The average molecular weight is 314 g/mol. The molecule has 23 heavy (non-hydrogen) atoms. The van der Waals surface area contributed by atoms with Crippen LogP contribution in [0, 0.1) is 0 Å². The molecule has 0 aliphatic carbocycles. The second-order valence-electron chi connectivity index (χ2n) is 6.06. The highest BCUT2D eigenvalue weighted by Gasteiger charge is 2.50. The van der Waals surface area contributed by atoms with Crippen molar-refractivity contribution in [1.82, 2.24) is 20.1 Å². The van der Waals surface area contributed by atoms with Gasteiger partial charge in [-0.3, -0.25) is 9.89 Å². The second kappa shape index (κ2) is 5.66. The van der Waals surface area contributed by atoms with Gasteiger partial charge in [-0.1, -0.05) is 6.07 Å². The van der Waals surface area contributed by atoms with Crippen LogP contribution in [0.3, 0.4) is 0 Å². The van der Waals surface area contributed by atoms with E-state index in [0.29, 0.717) is 31.3 Å². The van der Waals surface area contributed by atoms with E-state index in [1.165, 1.54) is 0 Å². The van der Waals surface area contributed by atoms with E-state index >= 15 is 0 Å². The van der Waals surface area contributed by atoms with Crippen molar-refractivity contribution in [2.45, 2.75) is 24.5 Å². The molecule has 0 bridgehead atoms. The fraction of sp³-hybridized carbons (Fsp3) is 0.438. The molecule has 1 spiro atoms. The molecular formula is C16H18N4O3. The Labute approximate surface area is 133 Å². The highest BCUT2D eigenvalue weighted by Crippen LogP contribution is 2.36. The summed E-state index contributed by atoms with van der Waals surface area (Å²) in [6.07, 6.45) is 4.99. The van der Waals surface area contributed by atoms with Gasteiger partial charge in [0.15, 0.2) is 0 Å². The van der Waals surface area contributed by atoms with E-state index in [1.807, 2.05) is 18.2 Å². The molecule has 7 nitrogen and oxygen atoms in total.